The average molecular weight is 249 g/mol. The van der Waals surface area contributed by atoms with Crippen molar-refractivity contribution >= 4 is 5.95 Å². The highest BCUT2D eigenvalue weighted by atomic mass is 16.5. The molecule has 0 radical (unpaired) electrons. The molecule has 0 amide bonds. The third-order valence-corrected chi connectivity index (χ3v) is 2.63. The summed E-state index contributed by atoms with van der Waals surface area (Å²) >= 11 is 0. The van der Waals surface area contributed by atoms with Gasteiger partial charge in [-0.05, 0) is 13.8 Å². The first-order valence-electron chi connectivity index (χ1n) is 6.03. The van der Waals surface area contributed by atoms with Crippen molar-refractivity contribution in [1.82, 2.24) is 19.3 Å². The summed E-state index contributed by atoms with van der Waals surface area (Å²) < 4.78 is 8.90. The smallest absolute Gasteiger partial charge is 0.207 e. The van der Waals surface area contributed by atoms with Gasteiger partial charge in [-0.25, -0.2) is 4.98 Å². The van der Waals surface area contributed by atoms with Crippen LogP contribution in [0.1, 0.15) is 19.9 Å². The minimum atomic E-state index is 0.354. The second-order valence-electron chi connectivity index (χ2n) is 4.31. The number of rotatable bonds is 6. The van der Waals surface area contributed by atoms with Crippen LogP contribution in [0.3, 0.4) is 0 Å². The van der Waals surface area contributed by atoms with Crippen molar-refractivity contribution < 1.29 is 4.74 Å². The van der Waals surface area contributed by atoms with Crippen LogP contribution in [-0.2, 0) is 4.74 Å². The molecule has 0 aliphatic rings. The summed E-state index contributed by atoms with van der Waals surface area (Å²) in [7, 11) is 1.68. The minimum absolute atomic E-state index is 0.354. The predicted molar refractivity (Wildman–Crippen MR) is 70.1 cm³/mol. The molecule has 2 aromatic heterocycles. The molecule has 6 heteroatoms. The van der Waals surface area contributed by atoms with E-state index in [-0.39, 0.29) is 0 Å². The van der Waals surface area contributed by atoms with Crippen LogP contribution in [0.5, 0.6) is 0 Å². The van der Waals surface area contributed by atoms with Gasteiger partial charge >= 0.3 is 0 Å². The summed E-state index contributed by atoms with van der Waals surface area (Å²) in [5.41, 5.74) is 1.00. The standard InChI is InChI=1S/C12H19N5O/c1-10(2)17-9-11(8-15-17)16-6-4-13-12(16)14-5-7-18-3/h4,6,8-10H,5,7H2,1-3H3,(H,13,14). The Morgan fingerprint density at radius 2 is 2.28 bits per heavy atom. The quantitative estimate of drug-likeness (QED) is 0.792. The van der Waals surface area contributed by atoms with Crippen LogP contribution >= 0.6 is 0 Å². The molecule has 2 heterocycles. The van der Waals surface area contributed by atoms with Crippen LogP contribution in [0.15, 0.2) is 24.8 Å². The van der Waals surface area contributed by atoms with Crippen LogP contribution in [0.25, 0.3) is 5.69 Å². The van der Waals surface area contributed by atoms with Gasteiger partial charge in [0.15, 0.2) is 0 Å². The lowest BCUT2D eigenvalue weighted by Crippen LogP contribution is -2.11. The van der Waals surface area contributed by atoms with Gasteiger partial charge in [0.1, 0.15) is 0 Å². The number of anilines is 1. The average Bonchev–Trinajstić information content (AvgIpc) is 2.96. The molecule has 0 spiro atoms. The molecule has 0 aromatic carbocycles. The fourth-order valence-electron chi connectivity index (χ4n) is 1.64. The van der Waals surface area contributed by atoms with Crippen LogP contribution in [0, 0.1) is 0 Å². The molecule has 0 fully saturated rings. The van der Waals surface area contributed by atoms with Crippen LogP contribution < -0.4 is 5.32 Å². The van der Waals surface area contributed by atoms with Crippen molar-refractivity contribution in [3.8, 4) is 5.69 Å². The van der Waals surface area contributed by atoms with Gasteiger partial charge in [-0.2, -0.15) is 5.10 Å². The van der Waals surface area contributed by atoms with E-state index in [0.717, 1.165) is 18.2 Å². The maximum atomic E-state index is 5.01. The number of methoxy groups -OCH3 is 1. The van der Waals surface area contributed by atoms with E-state index in [9.17, 15) is 0 Å². The van der Waals surface area contributed by atoms with E-state index in [1.807, 2.05) is 27.8 Å². The first kappa shape index (κ1) is 12.6. The fraction of sp³-hybridized carbons (Fsp3) is 0.500. The van der Waals surface area contributed by atoms with Crippen molar-refractivity contribution in [2.24, 2.45) is 0 Å². The molecule has 2 aromatic rings. The van der Waals surface area contributed by atoms with E-state index in [1.165, 1.54) is 0 Å². The monoisotopic (exact) mass is 249 g/mol. The topological polar surface area (TPSA) is 56.9 Å². The Kier molecular flexibility index (Phi) is 3.99. The molecule has 0 aliphatic heterocycles. The molecule has 0 saturated heterocycles. The number of imidazole rings is 1. The second-order valence-corrected chi connectivity index (χ2v) is 4.31. The Morgan fingerprint density at radius 1 is 1.44 bits per heavy atom. The highest BCUT2D eigenvalue weighted by Crippen LogP contribution is 2.15. The Bertz CT molecular complexity index is 488. The van der Waals surface area contributed by atoms with Crippen molar-refractivity contribution in [1.29, 1.82) is 0 Å². The highest BCUT2D eigenvalue weighted by Gasteiger charge is 2.07. The summed E-state index contributed by atoms with van der Waals surface area (Å²) in [4.78, 5) is 4.28. The molecular weight excluding hydrogens is 230 g/mol. The lowest BCUT2D eigenvalue weighted by atomic mass is 10.4. The van der Waals surface area contributed by atoms with E-state index in [2.05, 4.69) is 29.2 Å². The van der Waals surface area contributed by atoms with Crippen LogP contribution in [-0.4, -0.2) is 39.6 Å². The molecular formula is C12H19N5O. The second kappa shape index (κ2) is 5.68. The Labute approximate surface area is 107 Å². The molecule has 0 bridgehead atoms. The Morgan fingerprint density at radius 3 is 2.94 bits per heavy atom. The zero-order chi connectivity index (χ0) is 13.0. The van der Waals surface area contributed by atoms with Crippen LogP contribution in [0.2, 0.25) is 0 Å². The molecule has 0 unspecified atom stereocenters. The molecule has 6 nitrogen and oxygen atoms in total. The number of nitrogens with zero attached hydrogens (tertiary/aromatic N) is 4. The molecule has 2 rings (SSSR count). The summed E-state index contributed by atoms with van der Waals surface area (Å²) in [6, 6.07) is 0.354. The number of aromatic nitrogens is 4. The third-order valence-electron chi connectivity index (χ3n) is 2.63. The highest BCUT2D eigenvalue weighted by molar-refractivity contribution is 5.39. The van der Waals surface area contributed by atoms with Gasteiger partial charge in [0.05, 0.1) is 18.5 Å². The van der Waals surface area contributed by atoms with Crippen molar-refractivity contribution in [2.45, 2.75) is 19.9 Å². The van der Waals surface area contributed by atoms with Gasteiger partial charge in [-0.3, -0.25) is 9.25 Å². The van der Waals surface area contributed by atoms with Crippen molar-refractivity contribution in [3.63, 3.8) is 0 Å². The molecule has 0 aliphatic carbocycles. The molecule has 98 valence electrons. The van der Waals surface area contributed by atoms with Crippen molar-refractivity contribution in [2.75, 3.05) is 25.6 Å². The largest absolute Gasteiger partial charge is 0.383 e. The van der Waals surface area contributed by atoms with Gasteiger partial charge < -0.3 is 10.1 Å². The van der Waals surface area contributed by atoms with E-state index >= 15 is 0 Å². The lowest BCUT2D eigenvalue weighted by Gasteiger charge is -2.07. The van der Waals surface area contributed by atoms with Gasteiger partial charge in [0, 0.05) is 38.3 Å². The number of ether oxygens (including phenoxy) is 1. The first-order chi connectivity index (χ1) is 8.72. The SMILES string of the molecule is COCCNc1nccn1-c1cnn(C(C)C)c1. The zero-order valence-electron chi connectivity index (χ0n) is 11.0. The van der Waals surface area contributed by atoms with E-state index in [0.29, 0.717) is 12.6 Å². The molecule has 1 N–H and O–H groups in total. The van der Waals surface area contributed by atoms with E-state index < -0.39 is 0 Å². The third kappa shape index (κ3) is 2.70. The van der Waals surface area contributed by atoms with Gasteiger partial charge in [0.2, 0.25) is 5.95 Å². The maximum Gasteiger partial charge on any atom is 0.207 e. The number of nitrogens with one attached hydrogen (secondary N) is 1. The summed E-state index contributed by atoms with van der Waals surface area (Å²) in [6.07, 6.45) is 7.52. The number of hydrogen-bond donors (Lipinski definition) is 1. The molecule has 18 heavy (non-hydrogen) atoms. The summed E-state index contributed by atoms with van der Waals surface area (Å²) in [5.74, 6) is 0.801. The zero-order valence-corrected chi connectivity index (χ0v) is 11.0. The Hall–Kier alpha value is -1.82. The van der Waals surface area contributed by atoms with Gasteiger partial charge in [-0.1, -0.05) is 0 Å². The first-order valence-corrected chi connectivity index (χ1v) is 6.03. The fourth-order valence-corrected chi connectivity index (χ4v) is 1.64. The van der Waals surface area contributed by atoms with Gasteiger partial charge in [0.25, 0.3) is 0 Å². The summed E-state index contributed by atoms with van der Waals surface area (Å²) in [6.45, 7) is 5.58. The molecule has 0 atom stereocenters. The van der Waals surface area contributed by atoms with Gasteiger partial charge in [-0.15, -0.1) is 0 Å². The molecule has 0 saturated carbocycles. The van der Waals surface area contributed by atoms with E-state index in [1.54, 1.807) is 13.3 Å². The Balaban J connectivity index is 2.14. The maximum absolute atomic E-state index is 5.01. The minimum Gasteiger partial charge on any atom is -0.383 e. The normalized spacial score (nSPS) is 11.1. The van der Waals surface area contributed by atoms with E-state index in [4.69, 9.17) is 4.74 Å². The summed E-state index contributed by atoms with van der Waals surface area (Å²) in [5, 5.41) is 7.55. The van der Waals surface area contributed by atoms with Crippen molar-refractivity contribution in [3.05, 3.63) is 24.8 Å². The predicted octanol–water partition coefficient (Wildman–Crippen LogP) is 1.71. The number of hydrogen-bond acceptors (Lipinski definition) is 4. The van der Waals surface area contributed by atoms with Crippen LogP contribution in [0.4, 0.5) is 5.95 Å². The lowest BCUT2D eigenvalue weighted by molar-refractivity contribution is 0.210.